The van der Waals surface area contributed by atoms with Gasteiger partial charge < -0.3 is 9.47 Å². The summed E-state index contributed by atoms with van der Waals surface area (Å²) >= 11 is 0. The highest BCUT2D eigenvalue weighted by molar-refractivity contribution is 5.93. The first-order chi connectivity index (χ1) is 8.63. The molecule has 18 heavy (non-hydrogen) atoms. The van der Waals surface area contributed by atoms with Crippen molar-refractivity contribution in [1.29, 1.82) is 0 Å². The number of hydrazine groups is 1. The summed E-state index contributed by atoms with van der Waals surface area (Å²) in [6, 6.07) is 6.24. The van der Waals surface area contributed by atoms with Crippen molar-refractivity contribution in [3.8, 4) is 5.75 Å². The number of carbonyl (C=O) groups excluding carboxylic acids is 1. The van der Waals surface area contributed by atoms with Gasteiger partial charge in [0.05, 0.1) is 6.61 Å². The van der Waals surface area contributed by atoms with E-state index >= 15 is 0 Å². The van der Waals surface area contributed by atoms with Gasteiger partial charge in [-0.25, -0.2) is 14.6 Å². The van der Waals surface area contributed by atoms with Crippen molar-refractivity contribution in [2.24, 2.45) is 5.84 Å². The molecule has 5 nitrogen and oxygen atoms in total. The molecule has 0 aromatic heterocycles. The molecule has 1 aromatic rings. The van der Waals surface area contributed by atoms with Gasteiger partial charge in [-0.05, 0) is 24.3 Å². The average Bonchev–Trinajstić information content (AvgIpc) is 2.38. The maximum absolute atomic E-state index is 11.7. The molecule has 7 heteroatoms. The minimum absolute atomic E-state index is 0.0787. The SMILES string of the molecule is NNC(=O)c1ccc(OCCOCC(F)F)cc1. The zero-order valence-corrected chi connectivity index (χ0v) is 9.57. The van der Waals surface area contributed by atoms with Gasteiger partial charge in [0.15, 0.2) is 0 Å². The van der Waals surface area contributed by atoms with Crippen LogP contribution in [0, 0.1) is 0 Å². The molecule has 0 aliphatic heterocycles. The van der Waals surface area contributed by atoms with Crippen LogP contribution in [0.1, 0.15) is 10.4 Å². The minimum atomic E-state index is -2.47. The summed E-state index contributed by atoms with van der Waals surface area (Å²) in [6.45, 7) is -0.358. The number of ether oxygens (including phenoxy) is 2. The van der Waals surface area contributed by atoms with Crippen molar-refractivity contribution in [1.82, 2.24) is 5.43 Å². The smallest absolute Gasteiger partial charge is 0.265 e. The first-order valence-electron chi connectivity index (χ1n) is 5.23. The number of hydrogen-bond donors (Lipinski definition) is 2. The Kier molecular flexibility index (Phi) is 6.03. The van der Waals surface area contributed by atoms with Gasteiger partial charge in [0.1, 0.15) is 19.0 Å². The second kappa shape index (κ2) is 7.57. The second-order valence-corrected chi connectivity index (χ2v) is 3.31. The van der Waals surface area contributed by atoms with Crippen molar-refractivity contribution in [3.05, 3.63) is 29.8 Å². The molecule has 0 aliphatic carbocycles. The molecule has 0 radical (unpaired) electrons. The van der Waals surface area contributed by atoms with E-state index in [4.69, 9.17) is 10.6 Å². The van der Waals surface area contributed by atoms with E-state index in [9.17, 15) is 13.6 Å². The van der Waals surface area contributed by atoms with Gasteiger partial charge in [-0.15, -0.1) is 0 Å². The van der Waals surface area contributed by atoms with E-state index in [1.165, 1.54) is 12.1 Å². The van der Waals surface area contributed by atoms with Gasteiger partial charge in [-0.2, -0.15) is 0 Å². The number of amides is 1. The van der Waals surface area contributed by atoms with Crippen LogP contribution in [0.25, 0.3) is 0 Å². The minimum Gasteiger partial charge on any atom is -0.491 e. The Morgan fingerprint density at radius 1 is 1.28 bits per heavy atom. The number of halogens is 2. The third-order valence-corrected chi connectivity index (χ3v) is 1.99. The average molecular weight is 260 g/mol. The van der Waals surface area contributed by atoms with Gasteiger partial charge in [0.2, 0.25) is 0 Å². The fourth-order valence-electron chi connectivity index (χ4n) is 1.18. The summed E-state index contributed by atoms with van der Waals surface area (Å²) < 4.78 is 33.3. The fourth-order valence-corrected chi connectivity index (χ4v) is 1.18. The van der Waals surface area contributed by atoms with Crippen molar-refractivity contribution >= 4 is 5.91 Å². The number of nitrogen functional groups attached to an aromatic ring is 1. The Balaban J connectivity index is 2.29. The first-order valence-corrected chi connectivity index (χ1v) is 5.23. The summed E-state index contributed by atoms with van der Waals surface area (Å²) in [5.41, 5.74) is 2.40. The quantitative estimate of drug-likeness (QED) is 0.331. The highest BCUT2D eigenvalue weighted by atomic mass is 19.3. The standard InChI is InChI=1S/C11H14F2N2O3/c12-10(13)7-17-5-6-18-9-3-1-8(2-4-9)11(16)15-14/h1-4,10H,5-7,14H2,(H,15,16). The third kappa shape index (κ3) is 5.07. The summed E-state index contributed by atoms with van der Waals surface area (Å²) in [6.07, 6.45) is -2.47. The van der Waals surface area contributed by atoms with E-state index in [-0.39, 0.29) is 13.2 Å². The molecule has 0 spiro atoms. The molecule has 0 fully saturated rings. The maximum Gasteiger partial charge on any atom is 0.265 e. The number of rotatable bonds is 7. The molecule has 0 saturated heterocycles. The van der Waals surface area contributed by atoms with Crippen LogP contribution in [-0.4, -0.2) is 32.2 Å². The van der Waals surface area contributed by atoms with Crippen molar-refractivity contribution in [2.75, 3.05) is 19.8 Å². The molecule has 100 valence electrons. The molecule has 0 bridgehead atoms. The summed E-state index contributed by atoms with van der Waals surface area (Å²) in [7, 11) is 0. The Labute approximate surface area is 103 Å². The number of nitrogens with two attached hydrogens (primary N) is 1. The van der Waals surface area contributed by atoms with Crippen LogP contribution >= 0.6 is 0 Å². The van der Waals surface area contributed by atoms with Crippen LogP contribution in [0.4, 0.5) is 8.78 Å². The second-order valence-electron chi connectivity index (χ2n) is 3.31. The lowest BCUT2D eigenvalue weighted by atomic mass is 10.2. The van der Waals surface area contributed by atoms with Crippen LogP contribution < -0.4 is 16.0 Å². The Morgan fingerprint density at radius 2 is 1.94 bits per heavy atom. The summed E-state index contributed by atoms with van der Waals surface area (Å²) in [5.74, 6) is 5.09. The van der Waals surface area contributed by atoms with Crippen LogP contribution in [0.2, 0.25) is 0 Å². The Bertz CT molecular complexity index is 371. The van der Waals surface area contributed by atoms with Crippen molar-refractivity contribution in [2.45, 2.75) is 6.43 Å². The molecule has 0 unspecified atom stereocenters. The molecule has 0 heterocycles. The lowest BCUT2D eigenvalue weighted by Gasteiger charge is -2.07. The van der Waals surface area contributed by atoms with Gasteiger partial charge in [0, 0.05) is 5.56 Å². The number of alkyl halides is 2. The number of hydrogen-bond acceptors (Lipinski definition) is 4. The van der Waals surface area contributed by atoms with E-state index in [1.54, 1.807) is 12.1 Å². The van der Waals surface area contributed by atoms with Crippen LogP contribution in [0.5, 0.6) is 5.75 Å². The molecular weight excluding hydrogens is 246 g/mol. The topological polar surface area (TPSA) is 73.6 Å². The largest absolute Gasteiger partial charge is 0.491 e. The van der Waals surface area contributed by atoms with Gasteiger partial charge in [-0.3, -0.25) is 10.2 Å². The molecular formula is C11H14F2N2O3. The Hall–Kier alpha value is -1.73. The van der Waals surface area contributed by atoms with E-state index < -0.39 is 18.9 Å². The monoisotopic (exact) mass is 260 g/mol. The summed E-state index contributed by atoms with van der Waals surface area (Å²) in [5, 5.41) is 0. The molecule has 3 N–H and O–H groups in total. The van der Waals surface area contributed by atoms with Crippen LogP contribution in [0.15, 0.2) is 24.3 Å². The molecule has 1 amide bonds. The van der Waals surface area contributed by atoms with E-state index in [0.29, 0.717) is 11.3 Å². The number of benzene rings is 1. The van der Waals surface area contributed by atoms with Crippen molar-refractivity contribution in [3.63, 3.8) is 0 Å². The van der Waals surface area contributed by atoms with Gasteiger partial charge in [-0.1, -0.05) is 0 Å². The normalized spacial score (nSPS) is 10.4. The lowest BCUT2D eigenvalue weighted by Crippen LogP contribution is -2.29. The zero-order valence-electron chi connectivity index (χ0n) is 9.57. The third-order valence-electron chi connectivity index (χ3n) is 1.99. The fraction of sp³-hybridized carbons (Fsp3) is 0.364. The summed E-state index contributed by atoms with van der Waals surface area (Å²) in [4.78, 5) is 11.1. The van der Waals surface area contributed by atoms with Gasteiger partial charge in [0.25, 0.3) is 12.3 Å². The Morgan fingerprint density at radius 3 is 2.50 bits per heavy atom. The number of carbonyl (C=O) groups is 1. The molecule has 0 saturated carbocycles. The van der Waals surface area contributed by atoms with E-state index in [2.05, 4.69) is 4.74 Å². The predicted octanol–water partition coefficient (Wildman–Crippen LogP) is 0.951. The highest BCUT2D eigenvalue weighted by Gasteiger charge is 2.03. The molecule has 0 atom stereocenters. The highest BCUT2D eigenvalue weighted by Crippen LogP contribution is 2.11. The van der Waals surface area contributed by atoms with Crippen LogP contribution in [-0.2, 0) is 4.74 Å². The zero-order chi connectivity index (χ0) is 13.4. The maximum atomic E-state index is 11.7. The molecule has 1 aromatic carbocycles. The molecule has 0 aliphatic rings. The van der Waals surface area contributed by atoms with Gasteiger partial charge >= 0.3 is 0 Å². The van der Waals surface area contributed by atoms with E-state index in [0.717, 1.165) is 0 Å². The van der Waals surface area contributed by atoms with Crippen LogP contribution in [0.3, 0.4) is 0 Å². The predicted molar refractivity (Wildman–Crippen MR) is 60.4 cm³/mol. The lowest BCUT2D eigenvalue weighted by molar-refractivity contribution is 0.00763. The first kappa shape index (κ1) is 14.3. The number of nitrogens with one attached hydrogen (secondary N) is 1. The van der Waals surface area contributed by atoms with Crippen molar-refractivity contribution < 1.29 is 23.0 Å². The van der Waals surface area contributed by atoms with E-state index in [1.807, 2.05) is 5.43 Å². The molecule has 1 rings (SSSR count).